The molecule has 41 heavy (non-hydrogen) atoms. The highest BCUT2D eigenvalue weighted by Crippen LogP contribution is 2.57. The van der Waals surface area contributed by atoms with E-state index in [4.69, 9.17) is 42.6 Å². The van der Waals surface area contributed by atoms with Crippen LogP contribution in [-0.2, 0) is 4.74 Å². The fourth-order valence-corrected chi connectivity index (χ4v) is 5.46. The van der Waals surface area contributed by atoms with Gasteiger partial charge in [0.15, 0.2) is 23.0 Å². The lowest BCUT2D eigenvalue weighted by molar-refractivity contribution is 0.000682. The van der Waals surface area contributed by atoms with E-state index >= 15 is 0 Å². The zero-order valence-electron chi connectivity index (χ0n) is 26.1. The lowest BCUT2D eigenvalue weighted by Crippen LogP contribution is -2.28. The highest BCUT2D eigenvalue weighted by Gasteiger charge is 2.38. The van der Waals surface area contributed by atoms with Crippen molar-refractivity contribution in [2.24, 2.45) is 0 Å². The van der Waals surface area contributed by atoms with Crippen LogP contribution in [0.15, 0.2) is 12.2 Å². The molecular weight excluding hydrogens is 528 g/mol. The zero-order valence-corrected chi connectivity index (χ0v) is 26.1. The molecule has 2 aliphatic heterocycles. The van der Waals surface area contributed by atoms with Gasteiger partial charge < -0.3 is 42.6 Å². The van der Waals surface area contributed by atoms with Crippen molar-refractivity contribution in [1.29, 1.82) is 0 Å². The minimum atomic E-state index is -0.528. The molecule has 0 fully saturated rings. The van der Waals surface area contributed by atoms with Gasteiger partial charge in [-0.2, -0.15) is 0 Å². The topological polar surface area (TPSA) is 83.1 Å². The van der Waals surface area contributed by atoms with Gasteiger partial charge in [-0.3, -0.25) is 0 Å². The van der Waals surface area contributed by atoms with E-state index in [0.717, 1.165) is 11.1 Å². The summed E-state index contributed by atoms with van der Waals surface area (Å²) in [5.74, 6) is 4.12. The van der Waals surface area contributed by atoms with Gasteiger partial charge >= 0.3 is 0 Å². The number of benzene rings is 2. The average molecular weight is 571 g/mol. The van der Waals surface area contributed by atoms with Gasteiger partial charge in [0, 0.05) is 0 Å². The molecule has 0 saturated heterocycles. The van der Waals surface area contributed by atoms with Crippen molar-refractivity contribution in [2.75, 3.05) is 42.7 Å². The normalized spacial score (nSPS) is 17.3. The number of ether oxygens (including phenoxy) is 9. The Morgan fingerprint density at radius 2 is 0.829 bits per heavy atom. The molecule has 2 atom stereocenters. The van der Waals surface area contributed by atoms with E-state index in [2.05, 4.69) is 0 Å². The average Bonchev–Trinajstić information content (AvgIpc) is 2.93. The number of rotatable bonds is 10. The molecule has 9 nitrogen and oxygen atoms in total. The molecule has 0 spiro atoms. The molecule has 0 N–H and O–H groups in total. The lowest BCUT2D eigenvalue weighted by Gasteiger charge is -2.34. The van der Waals surface area contributed by atoms with Crippen LogP contribution in [0, 0.1) is 0 Å². The van der Waals surface area contributed by atoms with Crippen LogP contribution >= 0.6 is 0 Å². The van der Waals surface area contributed by atoms with Crippen LogP contribution < -0.4 is 37.9 Å². The van der Waals surface area contributed by atoms with E-state index in [1.807, 2.05) is 65.8 Å². The van der Waals surface area contributed by atoms with E-state index in [1.165, 1.54) is 0 Å². The summed E-state index contributed by atoms with van der Waals surface area (Å²) in [6.07, 6.45) is 6.86. The van der Waals surface area contributed by atoms with Crippen molar-refractivity contribution >= 4 is 12.2 Å². The summed E-state index contributed by atoms with van der Waals surface area (Å²) < 4.78 is 54.6. The first-order valence-corrected chi connectivity index (χ1v) is 13.5. The van der Waals surface area contributed by atoms with Gasteiger partial charge in [-0.25, -0.2) is 0 Å². The molecule has 0 saturated carbocycles. The molecule has 2 heterocycles. The third kappa shape index (κ3) is 5.23. The smallest absolute Gasteiger partial charge is 0.204 e. The van der Waals surface area contributed by atoms with Crippen LogP contribution in [0.4, 0.5) is 0 Å². The molecule has 0 unspecified atom stereocenters. The van der Waals surface area contributed by atoms with Crippen molar-refractivity contribution in [3.8, 4) is 46.0 Å². The van der Waals surface area contributed by atoms with Gasteiger partial charge in [0.2, 0.25) is 11.5 Å². The van der Waals surface area contributed by atoms with E-state index in [9.17, 15) is 0 Å². The van der Waals surface area contributed by atoms with Crippen LogP contribution in [0.25, 0.3) is 12.2 Å². The van der Waals surface area contributed by atoms with Crippen LogP contribution in [0.1, 0.15) is 76.0 Å². The Kier molecular flexibility index (Phi) is 8.32. The predicted octanol–water partition coefficient (Wildman–Crippen LogP) is 6.95. The van der Waals surface area contributed by atoms with E-state index in [0.29, 0.717) is 57.1 Å². The standard InChI is InChI=1S/C32H42O9/c1-17(21-23(33-7)19-13-15-31(3,4)40-25(19)29(37-11)27(21)35-9)39-18(2)22-24(34-8)20-14-16-32(5,6)41-26(20)30(38-12)28(22)36-10/h13-18H,1-12H3/t17-,18+. The maximum atomic E-state index is 6.69. The molecule has 2 aliphatic rings. The van der Waals surface area contributed by atoms with Crippen LogP contribution in [-0.4, -0.2) is 53.9 Å². The third-order valence-electron chi connectivity index (χ3n) is 7.26. The van der Waals surface area contributed by atoms with Crippen molar-refractivity contribution in [2.45, 2.75) is 65.0 Å². The Hall–Kier alpha value is -3.72. The highest BCUT2D eigenvalue weighted by molar-refractivity contribution is 5.79. The van der Waals surface area contributed by atoms with Crippen LogP contribution in [0.3, 0.4) is 0 Å². The maximum absolute atomic E-state index is 6.69. The first-order valence-electron chi connectivity index (χ1n) is 13.5. The van der Waals surface area contributed by atoms with Gasteiger partial charge in [0.25, 0.3) is 0 Å². The summed E-state index contributed by atoms with van der Waals surface area (Å²) >= 11 is 0. The van der Waals surface area contributed by atoms with Gasteiger partial charge in [-0.15, -0.1) is 0 Å². The highest BCUT2D eigenvalue weighted by atomic mass is 16.6. The summed E-state index contributed by atoms with van der Waals surface area (Å²) in [5.41, 5.74) is 1.80. The van der Waals surface area contributed by atoms with Crippen molar-refractivity contribution in [1.82, 2.24) is 0 Å². The first kappa shape index (κ1) is 30.2. The Morgan fingerprint density at radius 1 is 0.512 bits per heavy atom. The number of hydrogen-bond donors (Lipinski definition) is 0. The Morgan fingerprint density at radius 3 is 1.12 bits per heavy atom. The van der Waals surface area contributed by atoms with Gasteiger partial charge in [-0.1, -0.05) is 0 Å². The summed E-state index contributed by atoms with van der Waals surface area (Å²) in [4.78, 5) is 0. The first-order chi connectivity index (χ1) is 19.4. The Balaban J connectivity index is 1.86. The predicted molar refractivity (Wildman–Crippen MR) is 158 cm³/mol. The summed E-state index contributed by atoms with van der Waals surface area (Å²) in [6.45, 7) is 11.8. The molecular formula is C32H42O9. The molecule has 0 radical (unpaired) electrons. The van der Waals surface area contributed by atoms with Crippen molar-refractivity contribution < 1.29 is 42.6 Å². The van der Waals surface area contributed by atoms with E-state index in [1.54, 1.807) is 42.7 Å². The van der Waals surface area contributed by atoms with Crippen LogP contribution in [0.5, 0.6) is 46.0 Å². The Labute approximate surface area is 242 Å². The lowest BCUT2D eigenvalue weighted by atomic mass is 9.95. The summed E-state index contributed by atoms with van der Waals surface area (Å²) in [7, 11) is 9.57. The Bertz CT molecular complexity index is 1270. The summed E-state index contributed by atoms with van der Waals surface area (Å²) in [6, 6.07) is 0. The van der Waals surface area contributed by atoms with Crippen LogP contribution in [0.2, 0.25) is 0 Å². The zero-order chi connectivity index (χ0) is 30.3. The largest absolute Gasteiger partial charge is 0.495 e. The minimum absolute atomic E-state index is 0.467. The SMILES string of the molecule is COc1c2c(c(OC)c([C@H](C)O[C@H](C)c3c(OC)c4c(c(OC)c3OC)OC(C)(C)C=C4)c1OC)C=CC(C)(C)O2. The quantitative estimate of drug-likeness (QED) is 0.301. The molecule has 4 rings (SSSR count). The second kappa shape index (κ2) is 11.3. The fourth-order valence-electron chi connectivity index (χ4n) is 5.46. The van der Waals surface area contributed by atoms with E-state index < -0.39 is 23.4 Å². The van der Waals surface area contributed by atoms with Crippen molar-refractivity contribution in [3.63, 3.8) is 0 Å². The second-order valence-electron chi connectivity index (χ2n) is 11.0. The molecule has 2 aromatic carbocycles. The molecule has 2 aromatic rings. The molecule has 0 bridgehead atoms. The maximum Gasteiger partial charge on any atom is 0.204 e. The number of fused-ring (bicyclic) bond motifs is 2. The van der Waals surface area contributed by atoms with Crippen molar-refractivity contribution in [3.05, 3.63) is 34.4 Å². The molecule has 0 amide bonds. The molecule has 9 heteroatoms. The summed E-state index contributed by atoms with van der Waals surface area (Å²) in [5, 5.41) is 0. The molecule has 0 aromatic heterocycles. The molecule has 224 valence electrons. The molecule has 0 aliphatic carbocycles. The van der Waals surface area contributed by atoms with E-state index in [-0.39, 0.29) is 0 Å². The fraction of sp³-hybridized carbons (Fsp3) is 0.500. The van der Waals surface area contributed by atoms with Gasteiger partial charge in [-0.05, 0) is 65.8 Å². The second-order valence-corrected chi connectivity index (χ2v) is 11.0. The van der Waals surface area contributed by atoms with Gasteiger partial charge in [0.1, 0.15) is 22.7 Å². The minimum Gasteiger partial charge on any atom is -0.495 e. The number of methoxy groups -OCH3 is 6. The van der Waals surface area contributed by atoms with Gasteiger partial charge in [0.05, 0.1) is 77.1 Å². The monoisotopic (exact) mass is 570 g/mol. The third-order valence-corrected chi connectivity index (χ3v) is 7.26. The number of hydrogen-bond acceptors (Lipinski definition) is 9.